The highest BCUT2D eigenvalue weighted by Gasteiger charge is 2.00. The van der Waals surface area contributed by atoms with Crippen molar-refractivity contribution in [2.24, 2.45) is 0 Å². The van der Waals surface area contributed by atoms with Crippen molar-refractivity contribution in [3.63, 3.8) is 0 Å². The molecule has 0 unspecified atom stereocenters. The van der Waals surface area contributed by atoms with Gasteiger partial charge in [-0.15, -0.1) is 0 Å². The van der Waals surface area contributed by atoms with E-state index >= 15 is 0 Å². The zero-order valence-electron chi connectivity index (χ0n) is 6.68. The predicted molar refractivity (Wildman–Crippen MR) is 50.7 cm³/mol. The third-order valence-corrected chi connectivity index (χ3v) is 2.19. The number of nitrogens with zero attached hydrogens (tertiary/aromatic N) is 2. The molecular formula is C9H6N2OS. The molecule has 0 aliphatic heterocycles. The van der Waals surface area contributed by atoms with Gasteiger partial charge in [-0.05, 0) is 23.7 Å². The molecule has 0 aromatic carbocycles. The van der Waals surface area contributed by atoms with Gasteiger partial charge in [0.15, 0.2) is 6.29 Å². The van der Waals surface area contributed by atoms with Crippen molar-refractivity contribution in [1.29, 1.82) is 0 Å². The van der Waals surface area contributed by atoms with Gasteiger partial charge in [-0.2, -0.15) is 4.37 Å². The summed E-state index contributed by atoms with van der Waals surface area (Å²) in [5, 5.41) is 1.89. The minimum Gasteiger partial charge on any atom is -0.298 e. The molecule has 3 nitrogen and oxygen atoms in total. The van der Waals surface area contributed by atoms with E-state index in [9.17, 15) is 4.79 Å². The first-order chi connectivity index (χ1) is 6.40. The van der Waals surface area contributed by atoms with Crippen LogP contribution >= 0.6 is 11.5 Å². The van der Waals surface area contributed by atoms with Crippen molar-refractivity contribution >= 4 is 17.8 Å². The van der Waals surface area contributed by atoms with Crippen molar-refractivity contribution < 1.29 is 4.79 Å². The lowest BCUT2D eigenvalue weighted by molar-refractivity contribution is 0.112. The lowest BCUT2D eigenvalue weighted by atomic mass is 10.2. The van der Waals surface area contributed by atoms with Gasteiger partial charge in [0, 0.05) is 28.9 Å². The molecule has 0 bridgehead atoms. The Bertz CT molecular complexity index is 411. The number of hydrogen-bond acceptors (Lipinski definition) is 4. The fraction of sp³-hybridized carbons (Fsp3) is 0. The van der Waals surface area contributed by atoms with E-state index in [0.717, 1.165) is 17.5 Å². The summed E-state index contributed by atoms with van der Waals surface area (Å²) in [5.41, 5.74) is 2.32. The van der Waals surface area contributed by atoms with E-state index in [1.807, 2.05) is 11.4 Å². The summed E-state index contributed by atoms with van der Waals surface area (Å²) in [6.45, 7) is 0. The van der Waals surface area contributed by atoms with Gasteiger partial charge in [0.1, 0.15) is 0 Å². The van der Waals surface area contributed by atoms with Crippen LogP contribution in [0.1, 0.15) is 10.4 Å². The Balaban J connectivity index is 2.47. The lowest BCUT2D eigenvalue weighted by Gasteiger charge is -1.95. The number of rotatable bonds is 2. The molecular weight excluding hydrogens is 184 g/mol. The zero-order chi connectivity index (χ0) is 9.10. The van der Waals surface area contributed by atoms with E-state index in [-0.39, 0.29) is 0 Å². The van der Waals surface area contributed by atoms with Crippen LogP contribution in [0.15, 0.2) is 29.9 Å². The van der Waals surface area contributed by atoms with E-state index in [4.69, 9.17) is 0 Å². The van der Waals surface area contributed by atoms with Crippen LogP contribution in [0.2, 0.25) is 0 Å². The summed E-state index contributed by atoms with van der Waals surface area (Å²) in [6.07, 6.45) is 4.01. The van der Waals surface area contributed by atoms with Crippen molar-refractivity contribution in [3.8, 4) is 11.3 Å². The summed E-state index contributed by atoms with van der Waals surface area (Å²) in [4.78, 5) is 14.4. The summed E-state index contributed by atoms with van der Waals surface area (Å²) in [6, 6.07) is 3.67. The van der Waals surface area contributed by atoms with Gasteiger partial charge in [0.2, 0.25) is 0 Å². The first kappa shape index (κ1) is 8.07. The highest BCUT2D eigenvalue weighted by Crippen LogP contribution is 2.17. The third kappa shape index (κ3) is 1.62. The first-order valence-electron chi connectivity index (χ1n) is 3.71. The molecule has 0 N–H and O–H groups in total. The van der Waals surface area contributed by atoms with Crippen molar-refractivity contribution in [2.75, 3.05) is 0 Å². The number of aromatic nitrogens is 2. The summed E-state index contributed by atoms with van der Waals surface area (Å²) >= 11 is 1.38. The molecule has 2 heterocycles. The van der Waals surface area contributed by atoms with Gasteiger partial charge in [-0.1, -0.05) is 0 Å². The monoisotopic (exact) mass is 190 g/mol. The average molecular weight is 190 g/mol. The third-order valence-electron chi connectivity index (χ3n) is 1.63. The highest BCUT2D eigenvalue weighted by atomic mass is 32.1. The van der Waals surface area contributed by atoms with Crippen LogP contribution in [0.3, 0.4) is 0 Å². The van der Waals surface area contributed by atoms with E-state index in [1.54, 1.807) is 12.3 Å². The fourth-order valence-electron chi connectivity index (χ4n) is 1.02. The summed E-state index contributed by atoms with van der Waals surface area (Å²) in [7, 11) is 0. The van der Waals surface area contributed by atoms with Crippen LogP contribution in [0, 0.1) is 0 Å². The topological polar surface area (TPSA) is 42.9 Å². The van der Waals surface area contributed by atoms with Crippen LogP contribution in [0.5, 0.6) is 0 Å². The zero-order valence-corrected chi connectivity index (χ0v) is 7.49. The second-order valence-electron chi connectivity index (χ2n) is 2.51. The van der Waals surface area contributed by atoms with Crippen LogP contribution in [-0.4, -0.2) is 15.6 Å². The smallest absolute Gasteiger partial charge is 0.151 e. The van der Waals surface area contributed by atoms with Crippen LogP contribution in [-0.2, 0) is 0 Å². The standard InChI is InChI=1S/C9H6N2OS/c12-6-7-3-8(5-10-4-7)9-1-2-13-11-9/h1-6H. The van der Waals surface area contributed by atoms with Gasteiger partial charge in [0.05, 0.1) is 5.69 Å². The Kier molecular flexibility index (Phi) is 2.14. The molecule has 2 aromatic heterocycles. The largest absolute Gasteiger partial charge is 0.298 e. The van der Waals surface area contributed by atoms with Gasteiger partial charge < -0.3 is 0 Å². The molecule has 0 aliphatic carbocycles. The summed E-state index contributed by atoms with van der Waals surface area (Å²) in [5.74, 6) is 0. The van der Waals surface area contributed by atoms with E-state index in [0.29, 0.717) is 5.56 Å². The quantitative estimate of drug-likeness (QED) is 0.680. The van der Waals surface area contributed by atoms with Crippen molar-refractivity contribution in [3.05, 3.63) is 35.5 Å². The van der Waals surface area contributed by atoms with Gasteiger partial charge in [-0.3, -0.25) is 9.78 Å². The molecule has 2 rings (SSSR count). The molecule has 0 fully saturated rings. The van der Waals surface area contributed by atoms with Crippen molar-refractivity contribution in [1.82, 2.24) is 9.36 Å². The molecule has 13 heavy (non-hydrogen) atoms. The molecule has 0 spiro atoms. The Morgan fingerprint density at radius 1 is 1.38 bits per heavy atom. The number of pyridine rings is 1. The fourth-order valence-corrected chi connectivity index (χ4v) is 1.55. The van der Waals surface area contributed by atoms with Crippen molar-refractivity contribution in [2.45, 2.75) is 0 Å². The Labute approximate surface area is 79.2 Å². The maximum atomic E-state index is 10.5. The Morgan fingerprint density at radius 3 is 3.00 bits per heavy atom. The van der Waals surface area contributed by atoms with E-state index in [1.165, 1.54) is 17.7 Å². The van der Waals surface area contributed by atoms with Gasteiger partial charge in [0.25, 0.3) is 0 Å². The number of aldehydes is 1. The predicted octanol–water partition coefficient (Wildman–Crippen LogP) is 2.02. The maximum absolute atomic E-state index is 10.5. The molecule has 2 aromatic rings. The molecule has 0 radical (unpaired) electrons. The number of carbonyl (C=O) groups excluding carboxylic acids is 1. The molecule has 0 atom stereocenters. The molecule has 0 amide bonds. The van der Waals surface area contributed by atoms with E-state index < -0.39 is 0 Å². The number of hydrogen-bond donors (Lipinski definition) is 0. The summed E-state index contributed by atoms with van der Waals surface area (Å²) < 4.78 is 4.15. The van der Waals surface area contributed by atoms with Gasteiger partial charge >= 0.3 is 0 Å². The molecule has 0 saturated heterocycles. The second-order valence-corrected chi connectivity index (χ2v) is 3.18. The minimum absolute atomic E-state index is 0.575. The Hall–Kier alpha value is -1.55. The minimum atomic E-state index is 0.575. The molecule has 4 heteroatoms. The lowest BCUT2D eigenvalue weighted by Crippen LogP contribution is -1.84. The molecule has 64 valence electrons. The maximum Gasteiger partial charge on any atom is 0.151 e. The number of carbonyl (C=O) groups is 1. The van der Waals surface area contributed by atoms with Gasteiger partial charge in [-0.25, -0.2) is 0 Å². The highest BCUT2D eigenvalue weighted by molar-refractivity contribution is 7.03. The first-order valence-corrected chi connectivity index (χ1v) is 4.55. The molecule has 0 aliphatic rings. The van der Waals surface area contributed by atoms with E-state index in [2.05, 4.69) is 9.36 Å². The average Bonchev–Trinajstić information content (AvgIpc) is 2.71. The van der Waals surface area contributed by atoms with Crippen LogP contribution in [0.4, 0.5) is 0 Å². The Morgan fingerprint density at radius 2 is 2.31 bits per heavy atom. The normalized spacial score (nSPS) is 9.85. The van der Waals surface area contributed by atoms with Crippen LogP contribution in [0.25, 0.3) is 11.3 Å². The van der Waals surface area contributed by atoms with Crippen LogP contribution < -0.4 is 0 Å². The SMILES string of the molecule is O=Cc1cncc(-c2ccsn2)c1. The molecule has 0 saturated carbocycles. The second kappa shape index (κ2) is 3.45.